The fraction of sp³-hybridized carbons (Fsp3) is 0.980. The van der Waals surface area contributed by atoms with Crippen molar-refractivity contribution in [2.75, 3.05) is 20.6 Å². The topological polar surface area (TPSA) is 29.5 Å². The van der Waals surface area contributed by atoms with Gasteiger partial charge in [-0.15, -0.1) is 0 Å². The van der Waals surface area contributed by atoms with E-state index in [1.54, 1.807) is 0 Å². The van der Waals surface area contributed by atoms with Gasteiger partial charge in [0.15, 0.2) is 0 Å². The van der Waals surface area contributed by atoms with Crippen molar-refractivity contribution in [3.05, 3.63) is 0 Å². The first kappa shape index (κ1) is 51.4. The molecule has 3 heteroatoms. The molecule has 3 nitrogen and oxygen atoms in total. The van der Waals surface area contributed by atoms with Gasteiger partial charge in [0.2, 0.25) is 0 Å². The third kappa shape index (κ3) is 35.2. The maximum absolute atomic E-state index is 12.9. The van der Waals surface area contributed by atoms with Gasteiger partial charge in [-0.1, -0.05) is 191 Å². The number of nitrogens with zero attached hydrogens (tertiary/aromatic N) is 1. The molecule has 0 fully saturated rings. The van der Waals surface area contributed by atoms with E-state index in [9.17, 15) is 4.79 Å². The van der Waals surface area contributed by atoms with Crippen LogP contribution in [0.5, 0.6) is 0 Å². The number of hydrogen-bond acceptors (Lipinski definition) is 3. The molecular formula is C49H99NO2. The van der Waals surface area contributed by atoms with Crippen LogP contribution in [0, 0.1) is 47.3 Å². The van der Waals surface area contributed by atoms with E-state index in [-0.39, 0.29) is 12.1 Å². The zero-order valence-corrected chi connectivity index (χ0v) is 38.1. The molecule has 6 atom stereocenters. The molecule has 6 unspecified atom stereocenters. The van der Waals surface area contributed by atoms with Gasteiger partial charge in [0, 0.05) is 6.42 Å². The SMILES string of the molecule is CC(C)CCCC(C)CCCC(C)CCCC(C)CCC(CCC(C)CCCC(C)CCCC(C)CCCC(C)C)OC(=O)CCCCCN(C)C. The first-order chi connectivity index (χ1) is 24.7. The van der Waals surface area contributed by atoms with Crippen LogP contribution in [0.1, 0.15) is 236 Å². The van der Waals surface area contributed by atoms with Gasteiger partial charge in [-0.05, 0) is 107 Å². The molecule has 0 heterocycles. The molecule has 0 aromatic carbocycles. The lowest BCUT2D eigenvalue weighted by atomic mass is 9.89. The molecule has 0 amide bonds. The number of carbonyl (C=O) groups excluding carboxylic acids is 1. The number of carbonyl (C=O) groups is 1. The van der Waals surface area contributed by atoms with Crippen molar-refractivity contribution in [1.82, 2.24) is 4.90 Å². The Morgan fingerprint density at radius 2 is 0.692 bits per heavy atom. The Labute approximate surface area is 329 Å². The highest BCUT2D eigenvalue weighted by atomic mass is 16.5. The monoisotopic (exact) mass is 734 g/mol. The van der Waals surface area contributed by atoms with Crippen LogP contribution in [0.3, 0.4) is 0 Å². The number of ether oxygens (including phenoxy) is 1. The molecule has 0 saturated heterocycles. The molecule has 0 N–H and O–H groups in total. The molecule has 0 spiro atoms. The lowest BCUT2D eigenvalue weighted by Crippen LogP contribution is -2.20. The van der Waals surface area contributed by atoms with Crippen LogP contribution in [0.15, 0.2) is 0 Å². The minimum atomic E-state index is 0.0429. The lowest BCUT2D eigenvalue weighted by Gasteiger charge is -2.22. The fourth-order valence-corrected chi connectivity index (χ4v) is 8.20. The van der Waals surface area contributed by atoms with Gasteiger partial charge in [-0.25, -0.2) is 0 Å². The predicted molar refractivity (Wildman–Crippen MR) is 233 cm³/mol. The van der Waals surface area contributed by atoms with Crippen molar-refractivity contribution in [2.24, 2.45) is 47.3 Å². The minimum Gasteiger partial charge on any atom is -0.462 e. The molecule has 0 aliphatic heterocycles. The summed E-state index contributed by atoms with van der Waals surface area (Å²) in [5.41, 5.74) is 0. The molecule has 52 heavy (non-hydrogen) atoms. The van der Waals surface area contributed by atoms with E-state index in [1.165, 1.54) is 128 Å². The molecule has 0 aromatic rings. The van der Waals surface area contributed by atoms with Crippen molar-refractivity contribution >= 4 is 5.97 Å². The summed E-state index contributed by atoms with van der Waals surface area (Å²) < 4.78 is 6.21. The first-order valence-corrected chi connectivity index (χ1v) is 23.5. The van der Waals surface area contributed by atoms with Crippen LogP contribution in [-0.2, 0) is 9.53 Å². The molecule has 0 radical (unpaired) electrons. The van der Waals surface area contributed by atoms with E-state index in [1.807, 2.05) is 0 Å². The summed E-state index contributed by atoms with van der Waals surface area (Å²) in [6.45, 7) is 25.2. The summed E-state index contributed by atoms with van der Waals surface area (Å²) in [4.78, 5) is 15.1. The number of esters is 1. The van der Waals surface area contributed by atoms with Crippen LogP contribution >= 0.6 is 0 Å². The zero-order chi connectivity index (χ0) is 39.1. The first-order valence-electron chi connectivity index (χ1n) is 23.5. The highest BCUT2D eigenvalue weighted by Crippen LogP contribution is 2.27. The average Bonchev–Trinajstić information content (AvgIpc) is 3.05. The summed E-state index contributed by atoms with van der Waals surface area (Å²) in [5, 5.41) is 0. The molecule has 0 aliphatic rings. The Morgan fingerprint density at radius 3 is 1.00 bits per heavy atom. The Bertz CT molecular complexity index is 729. The number of unbranched alkanes of at least 4 members (excludes halogenated alkanes) is 2. The van der Waals surface area contributed by atoms with Gasteiger partial charge < -0.3 is 9.64 Å². The molecule has 0 saturated carbocycles. The van der Waals surface area contributed by atoms with Crippen LogP contribution in [0.2, 0.25) is 0 Å². The average molecular weight is 734 g/mol. The van der Waals surface area contributed by atoms with E-state index in [0.717, 1.165) is 74.2 Å². The van der Waals surface area contributed by atoms with Crippen LogP contribution in [0.4, 0.5) is 0 Å². The second-order valence-electron chi connectivity index (χ2n) is 19.9. The van der Waals surface area contributed by atoms with Crippen LogP contribution in [0.25, 0.3) is 0 Å². The lowest BCUT2D eigenvalue weighted by molar-refractivity contribution is -0.150. The van der Waals surface area contributed by atoms with Gasteiger partial charge in [-0.3, -0.25) is 4.79 Å². The predicted octanol–water partition coefficient (Wildman–Crippen LogP) is 15.7. The van der Waals surface area contributed by atoms with E-state index < -0.39 is 0 Å². The standard InChI is InChI=1S/C49H99NO2/c1-40(2)22-16-24-42(5)26-18-28-44(7)30-20-32-46(9)35-37-48(52-49(51)34-14-13-15-39-50(11)12)38-36-47(10)33-21-31-45(8)29-19-27-43(6)25-17-23-41(3)4/h40-48H,13-39H2,1-12H3. The van der Waals surface area contributed by atoms with E-state index in [4.69, 9.17) is 4.74 Å². The smallest absolute Gasteiger partial charge is 0.306 e. The van der Waals surface area contributed by atoms with E-state index >= 15 is 0 Å². The summed E-state index contributed by atoms with van der Waals surface area (Å²) in [6.07, 6.45) is 33.2. The largest absolute Gasteiger partial charge is 0.462 e. The summed E-state index contributed by atoms with van der Waals surface area (Å²) >= 11 is 0. The highest BCUT2D eigenvalue weighted by molar-refractivity contribution is 5.69. The molecule has 0 rings (SSSR count). The zero-order valence-electron chi connectivity index (χ0n) is 38.1. The van der Waals surface area contributed by atoms with Crippen molar-refractivity contribution in [1.29, 1.82) is 0 Å². The summed E-state index contributed by atoms with van der Waals surface area (Å²) in [5.74, 6) is 6.63. The van der Waals surface area contributed by atoms with E-state index in [2.05, 4.69) is 88.2 Å². The normalized spacial score (nSPS) is 16.3. The van der Waals surface area contributed by atoms with Crippen molar-refractivity contribution in [3.63, 3.8) is 0 Å². The third-order valence-electron chi connectivity index (χ3n) is 12.3. The quantitative estimate of drug-likeness (QED) is 0.0470. The summed E-state index contributed by atoms with van der Waals surface area (Å²) in [7, 11) is 4.25. The van der Waals surface area contributed by atoms with Crippen molar-refractivity contribution in [2.45, 2.75) is 242 Å². The minimum absolute atomic E-state index is 0.0429. The third-order valence-corrected chi connectivity index (χ3v) is 12.3. The Balaban J connectivity index is 4.54. The summed E-state index contributed by atoms with van der Waals surface area (Å²) in [6, 6.07) is 0. The Kier molecular flexibility index (Phi) is 33.4. The molecule has 0 aliphatic carbocycles. The van der Waals surface area contributed by atoms with Crippen molar-refractivity contribution < 1.29 is 9.53 Å². The maximum atomic E-state index is 12.9. The van der Waals surface area contributed by atoms with Gasteiger partial charge in [0.25, 0.3) is 0 Å². The number of rotatable bonds is 37. The van der Waals surface area contributed by atoms with Gasteiger partial charge in [0.1, 0.15) is 6.10 Å². The van der Waals surface area contributed by atoms with Crippen LogP contribution < -0.4 is 0 Å². The van der Waals surface area contributed by atoms with Gasteiger partial charge in [0.05, 0.1) is 0 Å². The van der Waals surface area contributed by atoms with Crippen molar-refractivity contribution in [3.8, 4) is 0 Å². The van der Waals surface area contributed by atoms with E-state index in [0.29, 0.717) is 18.3 Å². The fourth-order valence-electron chi connectivity index (χ4n) is 8.20. The van der Waals surface area contributed by atoms with Gasteiger partial charge >= 0.3 is 5.97 Å². The molecule has 0 bridgehead atoms. The molecular weight excluding hydrogens is 635 g/mol. The highest BCUT2D eigenvalue weighted by Gasteiger charge is 2.18. The maximum Gasteiger partial charge on any atom is 0.306 e. The second kappa shape index (κ2) is 33.7. The Morgan fingerprint density at radius 1 is 0.385 bits per heavy atom. The molecule has 0 aromatic heterocycles. The van der Waals surface area contributed by atoms with Crippen LogP contribution in [-0.4, -0.2) is 37.6 Å². The van der Waals surface area contributed by atoms with Gasteiger partial charge in [-0.2, -0.15) is 0 Å². The second-order valence-corrected chi connectivity index (χ2v) is 19.9. The Hall–Kier alpha value is -0.570. The molecule has 312 valence electrons. The number of hydrogen-bond donors (Lipinski definition) is 0.